The van der Waals surface area contributed by atoms with E-state index in [1.54, 1.807) is 42.5 Å². The van der Waals surface area contributed by atoms with Crippen LogP contribution in [0.15, 0.2) is 83.8 Å². The Morgan fingerprint density at radius 3 is 2.24 bits per heavy atom. The molecule has 3 aromatic rings. The quantitative estimate of drug-likeness (QED) is 0.591. The summed E-state index contributed by atoms with van der Waals surface area (Å²) in [6, 6.07) is 21.9. The number of rotatable bonds is 8. The van der Waals surface area contributed by atoms with Gasteiger partial charge >= 0.3 is 0 Å². The van der Waals surface area contributed by atoms with Gasteiger partial charge in [-0.25, -0.2) is 8.42 Å². The maximum atomic E-state index is 12.7. The molecule has 29 heavy (non-hydrogen) atoms. The van der Waals surface area contributed by atoms with E-state index in [1.807, 2.05) is 31.2 Å². The third-order valence-corrected chi connectivity index (χ3v) is 5.54. The lowest BCUT2D eigenvalue weighted by Crippen LogP contribution is -2.25. The van der Waals surface area contributed by atoms with Gasteiger partial charge in [0, 0.05) is 6.54 Å². The summed E-state index contributed by atoms with van der Waals surface area (Å²) in [6.07, 6.45) is 0. The molecule has 6 nitrogen and oxygen atoms in total. The number of hydrogen-bond donors (Lipinski definition) is 2. The lowest BCUT2D eigenvalue weighted by molar-refractivity contribution is 0.0952. The highest BCUT2D eigenvalue weighted by atomic mass is 32.2. The van der Waals surface area contributed by atoms with Crippen LogP contribution in [0.25, 0.3) is 0 Å². The Morgan fingerprint density at radius 1 is 0.897 bits per heavy atom. The Hall–Kier alpha value is -3.32. The molecule has 3 aromatic carbocycles. The highest BCUT2D eigenvalue weighted by Crippen LogP contribution is 2.20. The maximum Gasteiger partial charge on any atom is 0.261 e. The molecule has 2 N–H and O–H groups in total. The van der Waals surface area contributed by atoms with Gasteiger partial charge in [-0.05, 0) is 48.9 Å². The van der Waals surface area contributed by atoms with Crippen LogP contribution < -0.4 is 14.8 Å². The largest absolute Gasteiger partial charge is 0.494 e. The van der Waals surface area contributed by atoms with Gasteiger partial charge in [-0.2, -0.15) is 0 Å². The zero-order valence-corrected chi connectivity index (χ0v) is 16.8. The zero-order valence-electron chi connectivity index (χ0n) is 16.0. The first kappa shape index (κ1) is 20.4. The summed E-state index contributed by atoms with van der Waals surface area (Å²) in [6.45, 7) is 2.81. The molecule has 0 saturated heterocycles. The van der Waals surface area contributed by atoms with Crippen molar-refractivity contribution >= 4 is 21.6 Å². The van der Waals surface area contributed by atoms with E-state index in [9.17, 15) is 13.2 Å². The first-order valence-corrected chi connectivity index (χ1v) is 10.6. The van der Waals surface area contributed by atoms with Crippen LogP contribution in [0.5, 0.6) is 5.75 Å². The molecule has 0 aromatic heterocycles. The fraction of sp³-hybridized carbons (Fsp3) is 0.136. The van der Waals surface area contributed by atoms with E-state index in [1.165, 1.54) is 12.1 Å². The van der Waals surface area contributed by atoms with Crippen molar-refractivity contribution in [1.82, 2.24) is 5.32 Å². The van der Waals surface area contributed by atoms with Gasteiger partial charge in [0.1, 0.15) is 5.75 Å². The summed E-state index contributed by atoms with van der Waals surface area (Å²) < 4.78 is 33.1. The molecule has 7 heteroatoms. The number of benzene rings is 3. The molecular formula is C22H22N2O4S. The Bertz CT molecular complexity index is 1070. The number of ether oxygens (including phenoxy) is 1. The average molecular weight is 410 g/mol. The number of para-hydroxylation sites is 1. The molecule has 0 heterocycles. The Labute approximate surface area is 170 Å². The van der Waals surface area contributed by atoms with E-state index >= 15 is 0 Å². The molecular weight excluding hydrogens is 388 g/mol. The van der Waals surface area contributed by atoms with Crippen LogP contribution in [0, 0.1) is 0 Å². The second-order valence-electron chi connectivity index (χ2n) is 6.22. The second kappa shape index (κ2) is 9.25. The van der Waals surface area contributed by atoms with Crippen molar-refractivity contribution in [3.63, 3.8) is 0 Å². The second-order valence-corrected chi connectivity index (χ2v) is 7.91. The van der Waals surface area contributed by atoms with Gasteiger partial charge in [0.15, 0.2) is 0 Å². The van der Waals surface area contributed by atoms with Crippen LogP contribution in [0.3, 0.4) is 0 Å². The van der Waals surface area contributed by atoms with E-state index < -0.39 is 10.0 Å². The van der Waals surface area contributed by atoms with Crippen LogP contribution in [0.1, 0.15) is 22.8 Å². The first-order valence-electron chi connectivity index (χ1n) is 9.16. The average Bonchev–Trinajstić information content (AvgIpc) is 2.74. The molecule has 1 amide bonds. The number of carbonyl (C=O) groups is 1. The summed E-state index contributed by atoms with van der Waals surface area (Å²) in [7, 11) is -3.79. The molecule has 0 aliphatic heterocycles. The summed E-state index contributed by atoms with van der Waals surface area (Å²) in [4.78, 5) is 12.8. The van der Waals surface area contributed by atoms with Gasteiger partial charge < -0.3 is 10.1 Å². The number of amides is 1. The van der Waals surface area contributed by atoms with Crippen LogP contribution in [-0.4, -0.2) is 20.9 Å². The summed E-state index contributed by atoms with van der Waals surface area (Å²) in [5, 5.41) is 2.82. The van der Waals surface area contributed by atoms with Crippen LogP contribution in [0.4, 0.5) is 5.69 Å². The maximum absolute atomic E-state index is 12.7. The van der Waals surface area contributed by atoms with Crippen molar-refractivity contribution in [2.45, 2.75) is 18.4 Å². The highest BCUT2D eigenvalue weighted by Gasteiger charge is 2.18. The smallest absolute Gasteiger partial charge is 0.261 e. The fourth-order valence-corrected chi connectivity index (χ4v) is 3.82. The SMILES string of the molecule is CCOc1ccc(CNC(=O)c2ccccc2NS(=O)(=O)c2ccccc2)cc1. The molecule has 150 valence electrons. The van der Waals surface area contributed by atoms with Gasteiger partial charge in [0.2, 0.25) is 0 Å². The van der Waals surface area contributed by atoms with Gasteiger partial charge in [0.25, 0.3) is 15.9 Å². The number of sulfonamides is 1. The van der Waals surface area contributed by atoms with Crippen molar-refractivity contribution in [2.24, 2.45) is 0 Å². The van der Waals surface area contributed by atoms with E-state index in [4.69, 9.17) is 4.74 Å². The topological polar surface area (TPSA) is 84.5 Å². The van der Waals surface area contributed by atoms with E-state index in [-0.39, 0.29) is 22.1 Å². The minimum absolute atomic E-state index is 0.129. The number of anilines is 1. The van der Waals surface area contributed by atoms with Crippen molar-refractivity contribution < 1.29 is 17.9 Å². The Kier molecular flexibility index (Phi) is 6.51. The summed E-state index contributed by atoms with van der Waals surface area (Å²) >= 11 is 0. The molecule has 0 atom stereocenters. The summed E-state index contributed by atoms with van der Waals surface area (Å²) in [5.74, 6) is 0.397. The van der Waals surface area contributed by atoms with Gasteiger partial charge in [-0.1, -0.05) is 42.5 Å². The van der Waals surface area contributed by atoms with Crippen molar-refractivity contribution in [1.29, 1.82) is 0 Å². The van der Waals surface area contributed by atoms with Gasteiger partial charge in [0.05, 0.1) is 22.8 Å². The molecule has 0 unspecified atom stereocenters. The van der Waals surface area contributed by atoms with Gasteiger partial charge in [-0.3, -0.25) is 9.52 Å². The minimum Gasteiger partial charge on any atom is -0.494 e. The number of nitrogens with one attached hydrogen (secondary N) is 2. The van der Waals surface area contributed by atoms with Crippen molar-refractivity contribution in [3.8, 4) is 5.75 Å². The zero-order chi connectivity index (χ0) is 20.7. The van der Waals surface area contributed by atoms with Gasteiger partial charge in [-0.15, -0.1) is 0 Å². The van der Waals surface area contributed by atoms with E-state index in [0.29, 0.717) is 13.2 Å². The van der Waals surface area contributed by atoms with Crippen molar-refractivity contribution in [2.75, 3.05) is 11.3 Å². The molecule has 0 bridgehead atoms. The fourth-order valence-electron chi connectivity index (χ4n) is 2.72. The molecule has 0 spiro atoms. The lowest BCUT2D eigenvalue weighted by Gasteiger charge is -2.13. The van der Waals surface area contributed by atoms with Crippen LogP contribution in [-0.2, 0) is 16.6 Å². The molecule has 0 radical (unpaired) electrons. The number of carbonyl (C=O) groups excluding carboxylic acids is 1. The van der Waals surface area contributed by atoms with Crippen LogP contribution in [0.2, 0.25) is 0 Å². The predicted molar refractivity (Wildman–Crippen MR) is 112 cm³/mol. The monoisotopic (exact) mass is 410 g/mol. The Morgan fingerprint density at radius 2 is 1.55 bits per heavy atom. The predicted octanol–water partition coefficient (Wildman–Crippen LogP) is 3.82. The third kappa shape index (κ3) is 5.36. The van der Waals surface area contributed by atoms with E-state index in [0.717, 1.165) is 11.3 Å². The first-order chi connectivity index (χ1) is 14.0. The number of hydrogen-bond acceptors (Lipinski definition) is 4. The molecule has 0 aliphatic carbocycles. The third-order valence-electron chi connectivity index (χ3n) is 4.16. The van der Waals surface area contributed by atoms with E-state index in [2.05, 4.69) is 10.0 Å². The standard InChI is InChI=1S/C22H22N2O4S/c1-2-28-18-14-12-17(13-15-18)16-23-22(25)20-10-6-7-11-21(20)24-29(26,27)19-8-4-3-5-9-19/h3-15,24H,2,16H2,1H3,(H,23,25). The minimum atomic E-state index is -3.79. The normalized spacial score (nSPS) is 10.9. The molecule has 0 fully saturated rings. The highest BCUT2D eigenvalue weighted by molar-refractivity contribution is 7.92. The molecule has 3 rings (SSSR count). The van der Waals surface area contributed by atoms with Crippen molar-refractivity contribution in [3.05, 3.63) is 90.0 Å². The Balaban J connectivity index is 1.72. The molecule has 0 saturated carbocycles. The molecule has 0 aliphatic rings. The van der Waals surface area contributed by atoms with Crippen LogP contribution >= 0.6 is 0 Å². The summed E-state index contributed by atoms with van der Waals surface area (Å²) in [5.41, 5.74) is 1.38. The lowest BCUT2D eigenvalue weighted by atomic mass is 10.1.